The van der Waals surface area contributed by atoms with Gasteiger partial charge in [0.25, 0.3) is 11.8 Å². The predicted octanol–water partition coefficient (Wildman–Crippen LogP) is 4.92. The fourth-order valence-electron chi connectivity index (χ4n) is 4.13. The highest BCUT2D eigenvalue weighted by molar-refractivity contribution is 6.32. The molecular formula is C23H20Cl2N6O3. The zero-order chi connectivity index (χ0) is 23.8. The smallest absolute Gasteiger partial charge is 0.258 e. The van der Waals surface area contributed by atoms with Crippen LogP contribution in [0.25, 0.3) is 17.1 Å². The maximum atomic E-state index is 13.8. The lowest BCUT2D eigenvalue weighted by Crippen LogP contribution is -2.32. The lowest BCUT2D eigenvalue weighted by molar-refractivity contribution is 0.0727. The van der Waals surface area contributed by atoms with Gasteiger partial charge in [0.15, 0.2) is 5.82 Å². The third-order valence-corrected chi connectivity index (χ3v) is 6.59. The Hall–Kier alpha value is -3.43. The quantitative estimate of drug-likeness (QED) is 0.384. The Balaban J connectivity index is 1.50. The number of nitrogens with zero attached hydrogens (tertiary/aromatic N) is 6. The van der Waals surface area contributed by atoms with Gasteiger partial charge in [-0.3, -0.25) is 4.79 Å². The molecule has 2 aromatic carbocycles. The van der Waals surface area contributed by atoms with Crippen molar-refractivity contribution >= 4 is 29.1 Å². The van der Waals surface area contributed by atoms with E-state index in [0.29, 0.717) is 51.7 Å². The molecule has 0 spiro atoms. The summed E-state index contributed by atoms with van der Waals surface area (Å²) in [6, 6.07) is 8.40. The van der Waals surface area contributed by atoms with Crippen LogP contribution in [-0.4, -0.2) is 49.6 Å². The van der Waals surface area contributed by atoms with E-state index in [0.717, 1.165) is 17.5 Å². The minimum Gasteiger partial charge on any atom is -0.495 e. The molecule has 0 N–H and O–H groups in total. The van der Waals surface area contributed by atoms with E-state index in [1.807, 2.05) is 25.1 Å². The van der Waals surface area contributed by atoms with Crippen LogP contribution in [0.5, 0.6) is 5.75 Å². The molecule has 9 nitrogen and oxygen atoms in total. The van der Waals surface area contributed by atoms with Gasteiger partial charge < -0.3 is 14.2 Å². The van der Waals surface area contributed by atoms with Crippen LogP contribution in [0.1, 0.15) is 40.6 Å². The van der Waals surface area contributed by atoms with Crippen molar-refractivity contribution < 1.29 is 14.1 Å². The first-order valence-corrected chi connectivity index (χ1v) is 11.4. The van der Waals surface area contributed by atoms with Gasteiger partial charge in [-0.1, -0.05) is 34.4 Å². The summed E-state index contributed by atoms with van der Waals surface area (Å²) in [4.78, 5) is 21.5. The van der Waals surface area contributed by atoms with Crippen molar-refractivity contribution in [3.05, 3.63) is 69.7 Å². The fourth-order valence-corrected chi connectivity index (χ4v) is 4.54. The zero-order valence-corrected chi connectivity index (χ0v) is 19.9. The van der Waals surface area contributed by atoms with Crippen LogP contribution in [-0.2, 0) is 0 Å². The number of amides is 1. The molecule has 0 saturated carbocycles. The first kappa shape index (κ1) is 22.4. The molecule has 3 heterocycles. The number of carbonyl (C=O) groups excluding carboxylic acids is 1. The lowest BCUT2D eigenvalue weighted by atomic mass is 10.1. The molecule has 1 atom stereocenters. The van der Waals surface area contributed by atoms with E-state index < -0.39 is 0 Å². The molecule has 1 aliphatic rings. The summed E-state index contributed by atoms with van der Waals surface area (Å²) < 4.78 is 10.9. The highest BCUT2D eigenvalue weighted by Gasteiger charge is 2.35. The Labute approximate surface area is 205 Å². The van der Waals surface area contributed by atoms with Gasteiger partial charge in [-0.05, 0) is 49.6 Å². The van der Waals surface area contributed by atoms with Gasteiger partial charge in [-0.25, -0.2) is 0 Å². The maximum Gasteiger partial charge on any atom is 0.258 e. The van der Waals surface area contributed by atoms with Crippen LogP contribution >= 0.6 is 23.2 Å². The second-order valence-corrected chi connectivity index (χ2v) is 8.66. The second-order valence-electron chi connectivity index (χ2n) is 7.85. The molecule has 2 aromatic heterocycles. The monoisotopic (exact) mass is 498 g/mol. The first-order chi connectivity index (χ1) is 16.5. The topological polar surface area (TPSA) is 99.2 Å². The molecule has 0 aliphatic carbocycles. The standard InChI is InChI=1S/C23H20Cl2N6O3/c1-13-14(5-3-6-16(13)24)22-28-21(29-34-22)18-7-4-10-30(18)23(32)15-11-20(33-2)17(25)12-19(15)31-26-8-9-27-31/h3,5-6,8-9,11-12,18H,4,7,10H2,1-2H3. The molecule has 0 bridgehead atoms. The number of rotatable bonds is 5. The first-order valence-electron chi connectivity index (χ1n) is 10.6. The van der Waals surface area contributed by atoms with Crippen LogP contribution in [0.4, 0.5) is 0 Å². The summed E-state index contributed by atoms with van der Waals surface area (Å²) in [6.45, 7) is 2.44. The lowest BCUT2D eigenvalue weighted by Gasteiger charge is -2.23. The summed E-state index contributed by atoms with van der Waals surface area (Å²) in [6.07, 6.45) is 4.57. The summed E-state index contributed by atoms with van der Waals surface area (Å²) in [5, 5.41) is 13.5. The fraction of sp³-hybridized carbons (Fsp3) is 0.261. The van der Waals surface area contributed by atoms with Crippen molar-refractivity contribution in [1.82, 2.24) is 30.0 Å². The maximum absolute atomic E-state index is 13.8. The van der Waals surface area contributed by atoms with Crippen molar-refractivity contribution in [2.75, 3.05) is 13.7 Å². The van der Waals surface area contributed by atoms with Gasteiger partial charge in [0.2, 0.25) is 0 Å². The summed E-state index contributed by atoms with van der Waals surface area (Å²) >= 11 is 12.6. The van der Waals surface area contributed by atoms with E-state index in [2.05, 4.69) is 20.3 Å². The number of halogens is 2. The molecule has 1 fully saturated rings. The van der Waals surface area contributed by atoms with E-state index in [4.69, 9.17) is 32.5 Å². The summed E-state index contributed by atoms with van der Waals surface area (Å²) in [5.41, 5.74) is 2.42. The van der Waals surface area contributed by atoms with E-state index in [9.17, 15) is 4.79 Å². The number of carbonyl (C=O) groups is 1. The van der Waals surface area contributed by atoms with E-state index in [-0.39, 0.29) is 11.9 Å². The van der Waals surface area contributed by atoms with Crippen LogP contribution in [0.15, 0.2) is 47.2 Å². The predicted molar refractivity (Wildman–Crippen MR) is 125 cm³/mol. The van der Waals surface area contributed by atoms with E-state index in [1.54, 1.807) is 17.0 Å². The molecule has 0 radical (unpaired) electrons. The van der Waals surface area contributed by atoms with Crippen LogP contribution in [0.3, 0.4) is 0 Å². The zero-order valence-electron chi connectivity index (χ0n) is 18.4. The Morgan fingerprint density at radius 3 is 2.74 bits per heavy atom. The van der Waals surface area contributed by atoms with Crippen LogP contribution in [0, 0.1) is 6.92 Å². The summed E-state index contributed by atoms with van der Waals surface area (Å²) in [7, 11) is 1.50. The number of methoxy groups -OCH3 is 1. The third kappa shape index (κ3) is 3.91. The number of aromatic nitrogens is 5. The molecule has 11 heteroatoms. The average Bonchev–Trinajstić information content (AvgIpc) is 3.61. The normalized spacial score (nSPS) is 15.6. The number of hydrogen-bond acceptors (Lipinski definition) is 7. The third-order valence-electron chi connectivity index (χ3n) is 5.89. The Morgan fingerprint density at radius 2 is 1.97 bits per heavy atom. The second kappa shape index (κ2) is 9.08. The SMILES string of the molecule is COc1cc(C(=O)N2CCCC2c2noc(-c3cccc(Cl)c3C)n2)c(-n2nccn2)cc1Cl. The molecule has 174 valence electrons. The van der Waals surface area contributed by atoms with Crippen LogP contribution in [0.2, 0.25) is 10.0 Å². The van der Waals surface area contributed by atoms with Crippen molar-refractivity contribution in [2.24, 2.45) is 0 Å². The Morgan fingerprint density at radius 1 is 1.18 bits per heavy atom. The number of ether oxygens (including phenoxy) is 1. The van der Waals surface area contributed by atoms with Gasteiger partial charge >= 0.3 is 0 Å². The van der Waals surface area contributed by atoms with Crippen molar-refractivity contribution in [3.8, 4) is 22.9 Å². The molecule has 1 amide bonds. The molecule has 4 aromatic rings. The van der Waals surface area contributed by atoms with Gasteiger partial charge in [-0.15, -0.1) is 0 Å². The molecule has 34 heavy (non-hydrogen) atoms. The molecule has 1 unspecified atom stereocenters. The van der Waals surface area contributed by atoms with E-state index in [1.165, 1.54) is 24.3 Å². The van der Waals surface area contributed by atoms with Crippen molar-refractivity contribution in [2.45, 2.75) is 25.8 Å². The van der Waals surface area contributed by atoms with Gasteiger partial charge in [-0.2, -0.15) is 20.0 Å². The van der Waals surface area contributed by atoms with Gasteiger partial charge in [0.05, 0.1) is 36.1 Å². The molecule has 1 saturated heterocycles. The Bertz CT molecular complexity index is 1360. The number of likely N-dealkylation sites (tertiary alicyclic amines) is 1. The largest absolute Gasteiger partial charge is 0.495 e. The van der Waals surface area contributed by atoms with Crippen molar-refractivity contribution in [1.29, 1.82) is 0 Å². The molecule has 1 aliphatic heterocycles. The highest BCUT2D eigenvalue weighted by atomic mass is 35.5. The van der Waals surface area contributed by atoms with Crippen molar-refractivity contribution in [3.63, 3.8) is 0 Å². The molecular weight excluding hydrogens is 479 g/mol. The van der Waals surface area contributed by atoms with Gasteiger partial charge in [0.1, 0.15) is 11.4 Å². The summed E-state index contributed by atoms with van der Waals surface area (Å²) in [5.74, 6) is 0.966. The minimum atomic E-state index is -0.343. The Kier molecular flexibility index (Phi) is 5.97. The number of benzene rings is 2. The van der Waals surface area contributed by atoms with Gasteiger partial charge in [0, 0.05) is 17.1 Å². The highest BCUT2D eigenvalue weighted by Crippen LogP contribution is 2.36. The number of hydrogen-bond donors (Lipinski definition) is 0. The minimum absolute atomic E-state index is 0.227. The van der Waals surface area contributed by atoms with Crippen LogP contribution < -0.4 is 4.74 Å². The molecule has 5 rings (SSSR count). The average molecular weight is 499 g/mol. The van der Waals surface area contributed by atoms with E-state index >= 15 is 0 Å².